The van der Waals surface area contributed by atoms with E-state index in [1.165, 1.54) is 6.07 Å². The molecule has 0 bridgehead atoms. The van der Waals surface area contributed by atoms with Crippen LogP contribution in [0, 0.1) is 5.82 Å². The van der Waals surface area contributed by atoms with E-state index in [4.69, 9.17) is 11.6 Å². The Balaban J connectivity index is 2.20. The number of nitrogens with zero attached hydrogens (tertiary/aromatic N) is 1. The van der Waals surface area contributed by atoms with Gasteiger partial charge in [-0.05, 0) is 24.7 Å². The molecule has 17 heavy (non-hydrogen) atoms. The maximum Gasteiger partial charge on any atom is 0.141 e. The van der Waals surface area contributed by atoms with Gasteiger partial charge in [0, 0.05) is 24.0 Å². The normalized spacial score (nSPS) is 12.6. The standard InChI is InChI=1S/C12H12ClFN2S/c1-15-11(7-12-16-4-5-17-12)8-2-3-10(14)9(13)6-8/h2-6,11,15H,7H2,1H3. The molecule has 0 saturated carbocycles. The smallest absolute Gasteiger partial charge is 0.141 e. The van der Waals surface area contributed by atoms with E-state index in [2.05, 4.69) is 10.3 Å². The first kappa shape index (κ1) is 12.5. The highest BCUT2D eigenvalue weighted by molar-refractivity contribution is 7.09. The van der Waals surface area contributed by atoms with Gasteiger partial charge in [-0.25, -0.2) is 9.37 Å². The van der Waals surface area contributed by atoms with E-state index in [9.17, 15) is 4.39 Å². The summed E-state index contributed by atoms with van der Waals surface area (Å²) >= 11 is 7.39. The number of rotatable bonds is 4. The number of thiazole rings is 1. The lowest BCUT2D eigenvalue weighted by atomic mass is 10.0. The molecule has 2 aromatic rings. The molecule has 0 spiro atoms. The molecule has 0 amide bonds. The Labute approximate surface area is 108 Å². The molecule has 0 saturated heterocycles. The van der Waals surface area contributed by atoms with E-state index in [1.54, 1.807) is 29.7 Å². The number of likely N-dealkylation sites (N-methyl/N-ethyl adjacent to an activating group) is 1. The summed E-state index contributed by atoms with van der Waals surface area (Å²) in [7, 11) is 1.87. The number of nitrogens with one attached hydrogen (secondary N) is 1. The molecule has 0 fully saturated rings. The van der Waals surface area contributed by atoms with Crippen molar-refractivity contribution >= 4 is 22.9 Å². The molecule has 1 aromatic carbocycles. The van der Waals surface area contributed by atoms with E-state index in [0.717, 1.165) is 17.0 Å². The van der Waals surface area contributed by atoms with Crippen LogP contribution in [0.15, 0.2) is 29.8 Å². The lowest BCUT2D eigenvalue weighted by Gasteiger charge is -2.15. The Kier molecular flexibility index (Phi) is 4.10. The summed E-state index contributed by atoms with van der Waals surface area (Å²) in [6, 6.07) is 4.89. The first-order valence-corrected chi connectivity index (χ1v) is 6.47. The summed E-state index contributed by atoms with van der Waals surface area (Å²) in [5.41, 5.74) is 0.967. The second kappa shape index (κ2) is 5.58. The third-order valence-electron chi connectivity index (χ3n) is 2.56. The van der Waals surface area contributed by atoms with Crippen molar-refractivity contribution < 1.29 is 4.39 Å². The predicted octanol–water partition coefficient (Wildman–Crippen LogP) is 3.44. The fraction of sp³-hybridized carbons (Fsp3) is 0.250. The van der Waals surface area contributed by atoms with Crippen molar-refractivity contribution in [2.75, 3.05) is 7.05 Å². The molecule has 5 heteroatoms. The van der Waals surface area contributed by atoms with Crippen molar-refractivity contribution in [3.8, 4) is 0 Å². The number of benzene rings is 1. The summed E-state index contributed by atoms with van der Waals surface area (Å²) < 4.78 is 13.1. The van der Waals surface area contributed by atoms with Crippen LogP contribution in [0.2, 0.25) is 5.02 Å². The summed E-state index contributed by atoms with van der Waals surface area (Å²) in [4.78, 5) is 4.24. The quantitative estimate of drug-likeness (QED) is 0.921. The van der Waals surface area contributed by atoms with Crippen molar-refractivity contribution in [3.63, 3.8) is 0 Å². The molecule has 90 valence electrons. The average molecular weight is 271 g/mol. The fourth-order valence-electron chi connectivity index (χ4n) is 1.64. The first-order chi connectivity index (χ1) is 8.20. The van der Waals surface area contributed by atoms with Gasteiger partial charge in [-0.15, -0.1) is 11.3 Å². The second-order valence-corrected chi connectivity index (χ2v) is 5.03. The molecule has 1 atom stereocenters. The Hall–Kier alpha value is -0.970. The maximum atomic E-state index is 13.1. The largest absolute Gasteiger partial charge is 0.313 e. The van der Waals surface area contributed by atoms with E-state index in [-0.39, 0.29) is 16.9 Å². The second-order valence-electron chi connectivity index (χ2n) is 3.64. The van der Waals surface area contributed by atoms with Crippen LogP contribution in [0.3, 0.4) is 0 Å². The van der Waals surface area contributed by atoms with Gasteiger partial charge in [0.05, 0.1) is 10.0 Å². The van der Waals surface area contributed by atoms with Crippen LogP contribution in [-0.2, 0) is 6.42 Å². The van der Waals surface area contributed by atoms with Gasteiger partial charge >= 0.3 is 0 Å². The molecule has 1 heterocycles. The van der Waals surface area contributed by atoms with Gasteiger partial charge in [0.2, 0.25) is 0 Å². The third-order valence-corrected chi connectivity index (χ3v) is 3.65. The molecule has 0 radical (unpaired) electrons. The molecule has 1 unspecified atom stereocenters. The van der Waals surface area contributed by atoms with Crippen molar-refractivity contribution in [1.82, 2.24) is 10.3 Å². The minimum atomic E-state index is -0.389. The molecule has 1 aromatic heterocycles. The molecule has 0 aliphatic heterocycles. The Morgan fingerprint density at radius 3 is 2.94 bits per heavy atom. The minimum absolute atomic E-state index is 0.0965. The summed E-state index contributed by atoms with van der Waals surface area (Å²) in [5.74, 6) is -0.389. The van der Waals surface area contributed by atoms with Crippen LogP contribution in [0.1, 0.15) is 16.6 Å². The number of aromatic nitrogens is 1. The van der Waals surface area contributed by atoms with Gasteiger partial charge in [-0.3, -0.25) is 0 Å². The SMILES string of the molecule is CNC(Cc1nccs1)c1ccc(F)c(Cl)c1. The van der Waals surface area contributed by atoms with Crippen LogP contribution in [0.4, 0.5) is 4.39 Å². The van der Waals surface area contributed by atoms with Crippen molar-refractivity contribution in [2.24, 2.45) is 0 Å². The van der Waals surface area contributed by atoms with E-state index >= 15 is 0 Å². The zero-order valence-corrected chi connectivity index (χ0v) is 10.9. The number of hydrogen-bond donors (Lipinski definition) is 1. The Morgan fingerprint density at radius 2 is 2.35 bits per heavy atom. The highest BCUT2D eigenvalue weighted by Gasteiger charge is 2.13. The summed E-state index contributed by atoms with van der Waals surface area (Å²) in [6.07, 6.45) is 2.56. The van der Waals surface area contributed by atoms with Gasteiger partial charge in [-0.1, -0.05) is 17.7 Å². The van der Waals surface area contributed by atoms with Gasteiger partial charge in [-0.2, -0.15) is 0 Å². The Bertz CT molecular complexity index is 487. The van der Waals surface area contributed by atoms with Crippen LogP contribution in [0.25, 0.3) is 0 Å². The highest BCUT2D eigenvalue weighted by Crippen LogP contribution is 2.23. The monoisotopic (exact) mass is 270 g/mol. The van der Waals surface area contributed by atoms with Gasteiger partial charge in [0.15, 0.2) is 0 Å². The van der Waals surface area contributed by atoms with Crippen LogP contribution >= 0.6 is 22.9 Å². The molecule has 2 nitrogen and oxygen atoms in total. The van der Waals surface area contributed by atoms with Crippen molar-refractivity contribution in [3.05, 3.63) is 51.2 Å². The maximum absolute atomic E-state index is 13.1. The number of hydrogen-bond acceptors (Lipinski definition) is 3. The Morgan fingerprint density at radius 1 is 1.53 bits per heavy atom. The molecule has 0 aliphatic rings. The molecular formula is C12H12ClFN2S. The number of halogens is 2. The zero-order chi connectivity index (χ0) is 12.3. The van der Waals surface area contributed by atoms with Crippen LogP contribution in [-0.4, -0.2) is 12.0 Å². The molecule has 0 aliphatic carbocycles. The summed E-state index contributed by atoms with van der Waals surface area (Å²) in [5, 5.41) is 6.33. The van der Waals surface area contributed by atoms with E-state index in [0.29, 0.717) is 0 Å². The third kappa shape index (κ3) is 3.03. The van der Waals surface area contributed by atoms with Gasteiger partial charge < -0.3 is 5.32 Å². The summed E-state index contributed by atoms with van der Waals surface area (Å²) in [6.45, 7) is 0. The van der Waals surface area contributed by atoms with Crippen molar-refractivity contribution in [1.29, 1.82) is 0 Å². The fourth-order valence-corrected chi connectivity index (χ4v) is 2.50. The van der Waals surface area contributed by atoms with Crippen molar-refractivity contribution in [2.45, 2.75) is 12.5 Å². The lowest BCUT2D eigenvalue weighted by molar-refractivity contribution is 0.584. The highest BCUT2D eigenvalue weighted by atomic mass is 35.5. The average Bonchev–Trinajstić information content (AvgIpc) is 2.82. The predicted molar refractivity (Wildman–Crippen MR) is 69.0 cm³/mol. The molecule has 2 rings (SSSR count). The molecular weight excluding hydrogens is 259 g/mol. The topological polar surface area (TPSA) is 24.9 Å². The van der Waals surface area contributed by atoms with Crippen LogP contribution in [0.5, 0.6) is 0 Å². The lowest BCUT2D eigenvalue weighted by Crippen LogP contribution is -2.18. The van der Waals surface area contributed by atoms with E-state index in [1.807, 2.05) is 12.4 Å². The minimum Gasteiger partial charge on any atom is -0.313 e. The zero-order valence-electron chi connectivity index (χ0n) is 9.28. The van der Waals surface area contributed by atoms with Crippen LogP contribution < -0.4 is 5.32 Å². The van der Waals surface area contributed by atoms with Gasteiger partial charge in [0.25, 0.3) is 0 Å². The van der Waals surface area contributed by atoms with Gasteiger partial charge in [0.1, 0.15) is 5.82 Å². The molecule has 1 N–H and O–H groups in total. The van der Waals surface area contributed by atoms with E-state index < -0.39 is 0 Å². The first-order valence-electron chi connectivity index (χ1n) is 5.21.